The molecule has 1 atom stereocenters. The van der Waals surface area contributed by atoms with Crippen LogP contribution in [0.25, 0.3) is 43.8 Å². The molecule has 4 fully saturated rings. The van der Waals surface area contributed by atoms with Crippen LogP contribution in [0.2, 0.25) is 13.1 Å². The average molecular weight is 849 g/mol. The third-order valence-electron chi connectivity index (χ3n) is 12.6. The summed E-state index contributed by atoms with van der Waals surface area (Å²) >= 11 is -0.826. The molecule has 0 nitrogen and oxygen atoms in total. The first-order valence-corrected chi connectivity index (χ1v) is 28.6. The Labute approximate surface area is 347 Å². The first kappa shape index (κ1) is 41.4. The Hall–Kier alpha value is -2.22. The van der Waals surface area contributed by atoms with Crippen molar-refractivity contribution in [3.8, 4) is 22.3 Å². The SMILES string of the molecule is CCC(C)c1cc2c(-c3ccc(C(C)C)cc3)cccc2[cH-]1.C[Si]C.Cc1cc2c(-c3ccc(C45CC6CC(CC(C6)C4)C5)cc3)cccc2[cH-]1.[Cl][Zr+2][Cl]. The molecule has 6 aromatic rings. The molecule has 1 unspecified atom stereocenters. The van der Waals surface area contributed by atoms with Gasteiger partial charge < -0.3 is 0 Å². The first-order valence-electron chi connectivity index (χ1n) is 20.2. The fraction of sp³-hybridized carbons (Fsp3) is 0.400. The van der Waals surface area contributed by atoms with Crippen LogP contribution in [0.5, 0.6) is 0 Å². The van der Waals surface area contributed by atoms with Crippen LogP contribution >= 0.6 is 17.0 Å². The maximum absolute atomic E-state index is 4.93. The molecule has 0 amide bonds. The fourth-order valence-electron chi connectivity index (χ4n) is 10.2. The van der Waals surface area contributed by atoms with Gasteiger partial charge in [-0.3, -0.25) is 0 Å². The molecule has 0 saturated heterocycles. The predicted octanol–water partition coefficient (Wildman–Crippen LogP) is 16.0. The van der Waals surface area contributed by atoms with Crippen molar-refractivity contribution in [2.75, 3.05) is 0 Å². The molecule has 4 saturated carbocycles. The second-order valence-corrected chi connectivity index (χ2v) is 21.6. The second-order valence-electron chi connectivity index (χ2n) is 16.9. The molecule has 6 aromatic carbocycles. The van der Waals surface area contributed by atoms with Crippen molar-refractivity contribution >= 4 is 48.1 Å². The maximum atomic E-state index is 4.93. The quantitative estimate of drug-likeness (QED) is 0.116. The van der Waals surface area contributed by atoms with Gasteiger partial charge in [0.15, 0.2) is 0 Å². The Kier molecular flexibility index (Phi) is 14.4. The molecular formula is C50H58Cl2SiZr. The van der Waals surface area contributed by atoms with E-state index >= 15 is 0 Å². The molecule has 4 aliphatic carbocycles. The van der Waals surface area contributed by atoms with Crippen molar-refractivity contribution in [3.05, 3.63) is 131 Å². The molecule has 280 valence electrons. The van der Waals surface area contributed by atoms with Gasteiger partial charge in [0.1, 0.15) is 0 Å². The number of fused-ring (bicyclic) bond motifs is 2. The van der Waals surface area contributed by atoms with Crippen LogP contribution in [0.3, 0.4) is 0 Å². The second kappa shape index (κ2) is 18.8. The zero-order valence-electron chi connectivity index (χ0n) is 33.5. The Balaban J connectivity index is 0.000000163. The molecule has 10 rings (SSSR count). The van der Waals surface area contributed by atoms with Crippen LogP contribution in [-0.2, 0) is 26.3 Å². The first-order chi connectivity index (χ1) is 26.1. The van der Waals surface area contributed by atoms with E-state index in [1.54, 1.807) is 5.56 Å². The summed E-state index contributed by atoms with van der Waals surface area (Å²) in [7, 11) is 11.0. The zero-order valence-corrected chi connectivity index (χ0v) is 38.5. The van der Waals surface area contributed by atoms with Gasteiger partial charge in [-0.15, -0.1) is 69.1 Å². The third-order valence-corrected chi connectivity index (χ3v) is 12.6. The summed E-state index contributed by atoms with van der Waals surface area (Å²) in [5.41, 5.74) is 11.8. The van der Waals surface area contributed by atoms with E-state index < -0.39 is 20.8 Å². The van der Waals surface area contributed by atoms with E-state index in [4.69, 9.17) is 17.0 Å². The number of benzene rings is 4. The van der Waals surface area contributed by atoms with Gasteiger partial charge in [-0.2, -0.15) is 12.1 Å². The summed E-state index contributed by atoms with van der Waals surface area (Å²) in [6.07, 6.45) is 10.1. The van der Waals surface area contributed by atoms with Gasteiger partial charge in [0.05, 0.1) is 0 Å². The topological polar surface area (TPSA) is 0 Å². The molecule has 54 heavy (non-hydrogen) atoms. The van der Waals surface area contributed by atoms with E-state index in [1.807, 2.05) is 0 Å². The number of rotatable bonds is 6. The van der Waals surface area contributed by atoms with Gasteiger partial charge in [0.2, 0.25) is 0 Å². The molecule has 0 heterocycles. The van der Waals surface area contributed by atoms with Gasteiger partial charge in [0.25, 0.3) is 0 Å². The molecule has 0 spiro atoms. The molecule has 4 aliphatic rings. The van der Waals surface area contributed by atoms with E-state index in [2.05, 4.69) is 157 Å². The van der Waals surface area contributed by atoms with E-state index in [1.165, 1.54) is 105 Å². The van der Waals surface area contributed by atoms with Crippen LogP contribution in [-0.4, -0.2) is 9.52 Å². The third kappa shape index (κ3) is 9.31. The zero-order chi connectivity index (χ0) is 38.4. The minimum absolute atomic E-state index is 0.510. The van der Waals surface area contributed by atoms with Gasteiger partial charge in [-0.25, -0.2) is 0 Å². The van der Waals surface area contributed by atoms with Crippen LogP contribution < -0.4 is 0 Å². The van der Waals surface area contributed by atoms with Crippen molar-refractivity contribution in [2.45, 2.75) is 110 Å². The van der Waals surface area contributed by atoms with E-state index in [-0.39, 0.29) is 0 Å². The van der Waals surface area contributed by atoms with Gasteiger partial charge in [-0.1, -0.05) is 126 Å². The molecule has 0 aromatic heterocycles. The fourth-order valence-corrected chi connectivity index (χ4v) is 10.2. The number of halogens is 2. The number of aryl methyl sites for hydroxylation is 1. The Morgan fingerprint density at radius 1 is 0.704 bits per heavy atom. The molecule has 4 bridgehead atoms. The van der Waals surface area contributed by atoms with Crippen LogP contribution in [0.15, 0.2) is 109 Å². The summed E-state index contributed by atoms with van der Waals surface area (Å²) in [6.45, 7) is 15.6. The van der Waals surface area contributed by atoms with Gasteiger partial charge in [0, 0.05) is 9.52 Å². The monoisotopic (exact) mass is 846 g/mol. The van der Waals surface area contributed by atoms with Crippen LogP contribution in [0.4, 0.5) is 0 Å². The van der Waals surface area contributed by atoms with E-state index in [9.17, 15) is 0 Å². The van der Waals surface area contributed by atoms with Crippen molar-refractivity contribution in [1.82, 2.24) is 0 Å². The normalized spacial score (nSPS) is 21.4. The van der Waals surface area contributed by atoms with E-state index in [0.717, 1.165) is 27.3 Å². The van der Waals surface area contributed by atoms with Crippen molar-refractivity contribution in [3.63, 3.8) is 0 Å². The van der Waals surface area contributed by atoms with Gasteiger partial charge >= 0.3 is 37.9 Å². The minimum atomic E-state index is -0.826. The summed E-state index contributed by atoms with van der Waals surface area (Å²) in [5, 5.41) is 5.51. The molecule has 0 aliphatic heterocycles. The molecular weight excluding hydrogens is 791 g/mol. The van der Waals surface area contributed by atoms with E-state index in [0.29, 0.717) is 17.3 Å². The van der Waals surface area contributed by atoms with Gasteiger partial charge in [-0.05, 0) is 95.8 Å². The number of hydrogen-bond acceptors (Lipinski definition) is 0. The Morgan fingerprint density at radius 3 is 1.65 bits per heavy atom. The molecule has 0 N–H and O–H groups in total. The number of hydrogen-bond donors (Lipinski definition) is 0. The van der Waals surface area contributed by atoms with Crippen molar-refractivity contribution in [1.29, 1.82) is 0 Å². The summed E-state index contributed by atoms with van der Waals surface area (Å²) in [6, 6.07) is 41.5. The summed E-state index contributed by atoms with van der Waals surface area (Å²) in [5.74, 6) is 4.26. The predicted molar refractivity (Wildman–Crippen MR) is 237 cm³/mol. The molecule has 2 radical (unpaired) electrons. The standard InChI is InChI=1S/C26H27.C22H25.C2H6Si.2ClH.Zr/c1-17-9-22-3-2-4-24(25(22)10-17)21-5-7-23(8-6-21)26-14-18-11-19(15-26)13-20(12-18)16-26;1-5-16(4)20-13-19-7-6-8-21(22(19)14-20)18-11-9-17(10-12-18)15(2)3;1-3-2;;;/h2-10,18-20H,11-16H2,1H3;6-16H,5H2,1-4H3;1-2H3;2*1H;/q2*-1;;;;+4/p-2. The summed E-state index contributed by atoms with van der Waals surface area (Å²) in [4.78, 5) is 0. The Morgan fingerprint density at radius 2 is 1.17 bits per heavy atom. The van der Waals surface area contributed by atoms with Crippen LogP contribution in [0, 0.1) is 24.7 Å². The average Bonchev–Trinajstić information content (AvgIpc) is 3.78. The van der Waals surface area contributed by atoms with Crippen molar-refractivity contribution in [2.24, 2.45) is 17.8 Å². The van der Waals surface area contributed by atoms with Crippen LogP contribution in [0.1, 0.15) is 107 Å². The molecule has 4 heteroatoms. The Bertz CT molecular complexity index is 2050. The summed E-state index contributed by atoms with van der Waals surface area (Å²) < 4.78 is 0. The van der Waals surface area contributed by atoms with Crippen molar-refractivity contribution < 1.29 is 20.8 Å².